The molecule has 24 heavy (non-hydrogen) atoms. The molecule has 122 valence electrons. The highest BCUT2D eigenvalue weighted by molar-refractivity contribution is 7.98. The Labute approximate surface area is 142 Å². The van der Waals surface area contributed by atoms with Crippen LogP contribution in [0.5, 0.6) is 0 Å². The SMILES string of the molecule is CSc1ncc(C(=O)Nc2cnn(Cc3ccc(F)cc3)c2)cn1. The number of hydrogen-bond acceptors (Lipinski definition) is 5. The summed E-state index contributed by atoms with van der Waals surface area (Å²) < 4.78 is 14.6. The van der Waals surface area contributed by atoms with E-state index in [-0.39, 0.29) is 11.7 Å². The van der Waals surface area contributed by atoms with E-state index in [1.165, 1.54) is 36.3 Å². The molecule has 1 aromatic carbocycles. The zero-order chi connectivity index (χ0) is 16.9. The van der Waals surface area contributed by atoms with E-state index in [9.17, 15) is 9.18 Å². The van der Waals surface area contributed by atoms with Gasteiger partial charge >= 0.3 is 0 Å². The second-order valence-electron chi connectivity index (χ2n) is 4.97. The van der Waals surface area contributed by atoms with Crippen molar-refractivity contribution in [3.63, 3.8) is 0 Å². The maximum atomic E-state index is 12.9. The minimum atomic E-state index is -0.302. The molecular formula is C16H14FN5OS. The van der Waals surface area contributed by atoms with Gasteiger partial charge in [0.2, 0.25) is 0 Å². The van der Waals surface area contributed by atoms with Gasteiger partial charge in [-0.25, -0.2) is 14.4 Å². The van der Waals surface area contributed by atoms with Gasteiger partial charge in [-0.05, 0) is 24.0 Å². The lowest BCUT2D eigenvalue weighted by Crippen LogP contribution is -2.12. The summed E-state index contributed by atoms with van der Waals surface area (Å²) in [6.45, 7) is 0.488. The maximum absolute atomic E-state index is 12.9. The molecule has 0 unspecified atom stereocenters. The molecule has 0 aliphatic rings. The minimum absolute atomic E-state index is 0.276. The van der Waals surface area contributed by atoms with E-state index < -0.39 is 0 Å². The van der Waals surface area contributed by atoms with Gasteiger partial charge in [-0.15, -0.1) is 0 Å². The van der Waals surface area contributed by atoms with Crippen LogP contribution >= 0.6 is 11.8 Å². The number of benzene rings is 1. The van der Waals surface area contributed by atoms with Gasteiger partial charge in [0.15, 0.2) is 5.16 Å². The van der Waals surface area contributed by atoms with E-state index in [1.807, 2.05) is 6.26 Å². The Balaban J connectivity index is 1.64. The monoisotopic (exact) mass is 343 g/mol. The van der Waals surface area contributed by atoms with Gasteiger partial charge in [0.1, 0.15) is 5.82 Å². The van der Waals surface area contributed by atoms with E-state index in [4.69, 9.17) is 0 Å². The van der Waals surface area contributed by atoms with Gasteiger partial charge in [0, 0.05) is 18.6 Å². The zero-order valence-corrected chi connectivity index (χ0v) is 13.6. The van der Waals surface area contributed by atoms with Crippen molar-refractivity contribution in [2.24, 2.45) is 0 Å². The first-order valence-corrected chi connectivity index (χ1v) is 8.31. The normalized spacial score (nSPS) is 10.6. The lowest BCUT2D eigenvalue weighted by molar-refractivity contribution is 0.102. The number of hydrogen-bond donors (Lipinski definition) is 1. The fourth-order valence-corrected chi connectivity index (χ4v) is 2.35. The number of halogens is 1. The van der Waals surface area contributed by atoms with Crippen molar-refractivity contribution in [3.8, 4) is 0 Å². The Hall–Kier alpha value is -2.74. The molecule has 0 saturated carbocycles. The summed E-state index contributed by atoms with van der Waals surface area (Å²) in [4.78, 5) is 20.3. The molecular weight excluding hydrogens is 329 g/mol. The van der Waals surface area contributed by atoms with Crippen molar-refractivity contribution in [2.75, 3.05) is 11.6 Å². The van der Waals surface area contributed by atoms with Gasteiger partial charge < -0.3 is 5.32 Å². The number of amides is 1. The fourth-order valence-electron chi connectivity index (χ4n) is 2.03. The van der Waals surface area contributed by atoms with Gasteiger partial charge in [-0.2, -0.15) is 5.10 Å². The summed E-state index contributed by atoms with van der Waals surface area (Å²) in [6, 6.07) is 6.19. The largest absolute Gasteiger partial charge is 0.319 e. The topological polar surface area (TPSA) is 72.7 Å². The highest BCUT2D eigenvalue weighted by atomic mass is 32.2. The third-order valence-corrected chi connectivity index (χ3v) is 3.80. The third-order valence-electron chi connectivity index (χ3n) is 3.22. The van der Waals surface area contributed by atoms with Crippen molar-refractivity contribution in [1.29, 1.82) is 0 Å². The summed E-state index contributed by atoms with van der Waals surface area (Å²) in [6.07, 6.45) is 8.09. The van der Waals surface area contributed by atoms with E-state index in [1.54, 1.807) is 29.2 Å². The number of rotatable bonds is 5. The zero-order valence-electron chi connectivity index (χ0n) is 12.8. The fraction of sp³-hybridized carbons (Fsp3) is 0.125. The van der Waals surface area contributed by atoms with Gasteiger partial charge in [-0.1, -0.05) is 23.9 Å². The van der Waals surface area contributed by atoms with Crippen LogP contribution in [0.25, 0.3) is 0 Å². The summed E-state index contributed by atoms with van der Waals surface area (Å²) in [5.74, 6) is -0.578. The second kappa shape index (κ2) is 7.22. The molecule has 0 aliphatic carbocycles. The molecule has 1 amide bonds. The van der Waals surface area contributed by atoms with Crippen LogP contribution in [0.3, 0.4) is 0 Å². The molecule has 3 aromatic rings. The van der Waals surface area contributed by atoms with Crippen LogP contribution < -0.4 is 5.32 Å². The van der Waals surface area contributed by atoms with Crippen molar-refractivity contribution in [1.82, 2.24) is 19.7 Å². The predicted molar refractivity (Wildman–Crippen MR) is 89.5 cm³/mol. The van der Waals surface area contributed by atoms with Crippen LogP contribution in [-0.2, 0) is 6.54 Å². The van der Waals surface area contributed by atoms with Crippen LogP contribution in [-0.4, -0.2) is 31.9 Å². The Bertz CT molecular complexity index is 832. The third kappa shape index (κ3) is 3.96. The van der Waals surface area contributed by atoms with Gasteiger partial charge in [0.25, 0.3) is 5.91 Å². The standard InChI is InChI=1S/C16H14FN5OS/c1-24-16-18-6-12(7-19-16)15(23)21-14-8-20-22(10-14)9-11-2-4-13(17)5-3-11/h2-8,10H,9H2,1H3,(H,21,23). The van der Waals surface area contributed by atoms with Crippen molar-refractivity contribution in [2.45, 2.75) is 11.7 Å². The summed E-state index contributed by atoms with van der Waals surface area (Å²) in [5.41, 5.74) is 1.86. The summed E-state index contributed by atoms with van der Waals surface area (Å²) >= 11 is 1.41. The highest BCUT2D eigenvalue weighted by Gasteiger charge is 2.09. The summed E-state index contributed by atoms with van der Waals surface area (Å²) in [7, 11) is 0. The molecule has 0 bridgehead atoms. The number of aromatic nitrogens is 4. The molecule has 0 saturated heterocycles. The Morgan fingerprint density at radius 2 is 1.92 bits per heavy atom. The summed E-state index contributed by atoms with van der Waals surface area (Å²) in [5, 5.41) is 7.53. The van der Waals surface area contributed by atoms with Gasteiger partial charge in [0.05, 0.1) is 24.0 Å². The quantitative estimate of drug-likeness (QED) is 0.570. The predicted octanol–water partition coefficient (Wildman–Crippen LogP) is 2.83. The first-order valence-electron chi connectivity index (χ1n) is 7.08. The van der Waals surface area contributed by atoms with E-state index in [2.05, 4.69) is 20.4 Å². The van der Waals surface area contributed by atoms with Crippen LogP contribution in [0.1, 0.15) is 15.9 Å². The van der Waals surface area contributed by atoms with E-state index >= 15 is 0 Å². The first-order chi connectivity index (χ1) is 11.6. The number of carbonyl (C=O) groups is 1. The van der Waals surface area contributed by atoms with E-state index in [0.29, 0.717) is 23.0 Å². The lowest BCUT2D eigenvalue weighted by atomic mass is 10.2. The molecule has 3 rings (SSSR count). The van der Waals surface area contributed by atoms with Crippen LogP contribution in [0.2, 0.25) is 0 Å². The van der Waals surface area contributed by atoms with Gasteiger partial charge in [-0.3, -0.25) is 9.48 Å². The molecule has 2 aromatic heterocycles. The molecule has 0 aliphatic heterocycles. The Kier molecular flexibility index (Phi) is 4.85. The van der Waals surface area contributed by atoms with Crippen molar-refractivity contribution < 1.29 is 9.18 Å². The lowest BCUT2D eigenvalue weighted by Gasteiger charge is -2.03. The highest BCUT2D eigenvalue weighted by Crippen LogP contribution is 2.11. The molecule has 6 nitrogen and oxygen atoms in total. The molecule has 8 heteroatoms. The molecule has 0 radical (unpaired) electrons. The number of carbonyl (C=O) groups excluding carboxylic acids is 1. The maximum Gasteiger partial charge on any atom is 0.258 e. The number of anilines is 1. The first kappa shape index (κ1) is 16.1. The van der Waals surface area contributed by atoms with Crippen LogP contribution in [0.15, 0.2) is 54.2 Å². The van der Waals surface area contributed by atoms with Crippen molar-refractivity contribution >= 4 is 23.4 Å². The smallest absolute Gasteiger partial charge is 0.258 e. The van der Waals surface area contributed by atoms with Crippen LogP contribution in [0, 0.1) is 5.82 Å². The number of nitrogens with one attached hydrogen (secondary N) is 1. The molecule has 0 fully saturated rings. The average molecular weight is 343 g/mol. The Morgan fingerprint density at radius 1 is 1.21 bits per heavy atom. The molecule has 1 N–H and O–H groups in total. The number of nitrogens with zero attached hydrogens (tertiary/aromatic N) is 4. The molecule has 0 atom stereocenters. The molecule has 2 heterocycles. The van der Waals surface area contributed by atoms with Crippen LogP contribution in [0.4, 0.5) is 10.1 Å². The van der Waals surface area contributed by atoms with E-state index in [0.717, 1.165) is 5.56 Å². The average Bonchev–Trinajstić information content (AvgIpc) is 3.04. The van der Waals surface area contributed by atoms with Crippen molar-refractivity contribution in [3.05, 3.63) is 66.0 Å². The second-order valence-corrected chi connectivity index (χ2v) is 5.74. The number of thioether (sulfide) groups is 1. The molecule has 0 spiro atoms. The Morgan fingerprint density at radius 3 is 2.58 bits per heavy atom. The minimum Gasteiger partial charge on any atom is -0.319 e.